The van der Waals surface area contributed by atoms with Crippen LogP contribution in [0.4, 0.5) is 0 Å². The molecule has 1 aromatic carbocycles. The fourth-order valence-electron chi connectivity index (χ4n) is 2.71. The second kappa shape index (κ2) is 5.96. The van der Waals surface area contributed by atoms with Gasteiger partial charge < -0.3 is 4.90 Å². The fourth-order valence-corrected chi connectivity index (χ4v) is 2.71. The van der Waals surface area contributed by atoms with Gasteiger partial charge in [-0.05, 0) is 12.5 Å². The van der Waals surface area contributed by atoms with Gasteiger partial charge in [-0.1, -0.05) is 51.1 Å². The minimum absolute atomic E-state index is 0.267. The molecular formula is C17H26N2O. The predicted octanol–water partition coefficient (Wildman–Crippen LogP) is 2.77. The zero-order valence-corrected chi connectivity index (χ0v) is 13.1. The summed E-state index contributed by atoms with van der Waals surface area (Å²) >= 11 is 0. The molecule has 0 spiro atoms. The molecule has 1 fully saturated rings. The van der Waals surface area contributed by atoms with Crippen molar-refractivity contribution in [2.45, 2.75) is 40.3 Å². The normalized spacial score (nSPS) is 21.0. The van der Waals surface area contributed by atoms with Gasteiger partial charge in [0.2, 0.25) is 5.91 Å². The third-order valence-electron chi connectivity index (χ3n) is 3.92. The van der Waals surface area contributed by atoms with Crippen LogP contribution in [0.1, 0.15) is 33.3 Å². The molecular weight excluding hydrogens is 248 g/mol. The summed E-state index contributed by atoms with van der Waals surface area (Å²) in [6, 6.07) is 11.0. The summed E-state index contributed by atoms with van der Waals surface area (Å²) in [6.45, 7) is 11.8. The van der Waals surface area contributed by atoms with Crippen molar-refractivity contribution < 1.29 is 4.79 Å². The van der Waals surface area contributed by atoms with E-state index in [-0.39, 0.29) is 11.3 Å². The van der Waals surface area contributed by atoms with Crippen LogP contribution in [-0.2, 0) is 11.3 Å². The van der Waals surface area contributed by atoms with E-state index < -0.39 is 0 Å². The summed E-state index contributed by atoms with van der Waals surface area (Å²) in [5.41, 5.74) is 1.07. The van der Waals surface area contributed by atoms with E-state index in [0.717, 1.165) is 26.2 Å². The van der Waals surface area contributed by atoms with Gasteiger partial charge in [0.05, 0.1) is 0 Å². The van der Waals surface area contributed by atoms with Crippen molar-refractivity contribution in [3.63, 3.8) is 0 Å². The standard InChI is InChI=1S/C17H26N2O/c1-14-12-19(16(20)17(2,3)4)11-10-18(14)13-15-8-6-5-7-9-15/h5-9,14H,10-13H2,1-4H3. The van der Waals surface area contributed by atoms with Crippen LogP contribution in [0.25, 0.3) is 0 Å². The highest BCUT2D eigenvalue weighted by atomic mass is 16.2. The van der Waals surface area contributed by atoms with E-state index in [4.69, 9.17) is 0 Å². The van der Waals surface area contributed by atoms with Gasteiger partial charge in [-0.25, -0.2) is 0 Å². The van der Waals surface area contributed by atoms with Crippen molar-refractivity contribution in [2.75, 3.05) is 19.6 Å². The van der Waals surface area contributed by atoms with Crippen LogP contribution in [0.5, 0.6) is 0 Å². The quantitative estimate of drug-likeness (QED) is 0.828. The first kappa shape index (κ1) is 15.0. The average Bonchev–Trinajstić information content (AvgIpc) is 2.40. The summed E-state index contributed by atoms with van der Waals surface area (Å²) < 4.78 is 0. The molecule has 1 atom stereocenters. The van der Waals surface area contributed by atoms with Crippen molar-refractivity contribution in [3.8, 4) is 0 Å². The largest absolute Gasteiger partial charge is 0.339 e. The molecule has 110 valence electrons. The highest BCUT2D eigenvalue weighted by Crippen LogP contribution is 2.21. The molecule has 0 radical (unpaired) electrons. The maximum absolute atomic E-state index is 12.3. The van der Waals surface area contributed by atoms with E-state index in [1.807, 2.05) is 31.7 Å². The molecule has 0 aromatic heterocycles. The van der Waals surface area contributed by atoms with Crippen LogP contribution in [0.2, 0.25) is 0 Å². The van der Waals surface area contributed by atoms with Crippen molar-refractivity contribution in [2.24, 2.45) is 5.41 Å². The molecule has 1 unspecified atom stereocenters. The van der Waals surface area contributed by atoms with E-state index in [9.17, 15) is 4.79 Å². The van der Waals surface area contributed by atoms with Gasteiger partial charge in [-0.2, -0.15) is 0 Å². The van der Waals surface area contributed by atoms with Crippen LogP contribution < -0.4 is 0 Å². The Labute approximate surface area is 122 Å². The molecule has 1 aliphatic rings. The molecule has 2 rings (SSSR count). The van der Waals surface area contributed by atoms with Crippen LogP contribution in [0.15, 0.2) is 30.3 Å². The lowest BCUT2D eigenvalue weighted by molar-refractivity contribution is -0.142. The number of piperazine rings is 1. The number of hydrogen-bond donors (Lipinski definition) is 0. The molecule has 1 aliphatic heterocycles. The first-order valence-electron chi connectivity index (χ1n) is 7.45. The lowest BCUT2D eigenvalue weighted by atomic mass is 9.94. The molecule has 20 heavy (non-hydrogen) atoms. The topological polar surface area (TPSA) is 23.6 Å². The minimum atomic E-state index is -0.276. The van der Waals surface area contributed by atoms with E-state index in [1.165, 1.54) is 5.56 Å². The molecule has 0 saturated carbocycles. The zero-order valence-electron chi connectivity index (χ0n) is 13.1. The molecule has 1 aromatic rings. The lowest BCUT2D eigenvalue weighted by Gasteiger charge is -2.42. The van der Waals surface area contributed by atoms with Gasteiger partial charge in [-0.15, -0.1) is 0 Å². The monoisotopic (exact) mass is 274 g/mol. The Balaban J connectivity index is 1.94. The van der Waals surface area contributed by atoms with Crippen LogP contribution in [0.3, 0.4) is 0 Å². The van der Waals surface area contributed by atoms with Crippen LogP contribution in [-0.4, -0.2) is 41.4 Å². The van der Waals surface area contributed by atoms with Gasteiger partial charge in [0, 0.05) is 37.6 Å². The number of nitrogens with zero attached hydrogens (tertiary/aromatic N) is 2. The SMILES string of the molecule is CC1CN(C(=O)C(C)(C)C)CCN1Cc1ccccc1. The minimum Gasteiger partial charge on any atom is -0.339 e. The maximum Gasteiger partial charge on any atom is 0.228 e. The molecule has 0 aliphatic carbocycles. The Bertz CT molecular complexity index is 450. The number of carbonyl (C=O) groups is 1. The van der Waals surface area contributed by atoms with Gasteiger partial charge in [-0.3, -0.25) is 9.69 Å². The smallest absolute Gasteiger partial charge is 0.228 e. The highest BCUT2D eigenvalue weighted by molar-refractivity contribution is 5.81. The summed E-state index contributed by atoms with van der Waals surface area (Å²) in [7, 11) is 0. The summed E-state index contributed by atoms with van der Waals surface area (Å²) in [4.78, 5) is 16.8. The Kier molecular flexibility index (Phi) is 4.48. The van der Waals surface area contributed by atoms with Crippen molar-refractivity contribution >= 4 is 5.91 Å². The van der Waals surface area contributed by atoms with E-state index in [1.54, 1.807) is 0 Å². The highest BCUT2D eigenvalue weighted by Gasteiger charge is 2.32. The van der Waals surface area contributed by atoms with E-state index in [0.29, 0.717) is 6.04 Å². The fraction of sp³-hybridized carbons (Fsp3) is 0.588. The Morgan fingerprint density at radius 1 is 1.20 bits per heavy atom. The molecule has 0 N–H and O–H groups in total. The number of hydrogen-bond acceptors (Lipinski definition) is 2. The summed E-state index contributed by atoms with van der Waals surface area (Å²) in [5.74, 6) is 0.267. The van der Waals surface area contributed by atoms with Crippen LogP contribution in [0, 0.1) is 5.41 Å². The first-order valence-corrected chi connectivity index (χ1v) is 7.45. The van der Waals surface area contributed by atoms with Gasteiger partial charge in [0.25, 0.3) is 0 Å². The van der Waals surface area contributed by atoms with Crippen LogP contribution >= 0.6 is 0 Å². The van der Waals surface area contributed by atoms with Gasteiger partial charge in [0.1, 0.15) is 0 Å². The van der Waals surface area contributed by atoms with Crippen molar-refractivity contribution in [3.05, 3.63) is 35.9 Å². The number of benzene rings is 1. The van der Waals surface area contributed by atoms with E-state index in [2.05, 4.69) is 36.1 Å². The maximum atomic E-state index is 12.3. The number of amides is 1. The number of rotatable bonds is 2. The Morgan fingerprint density at radius 2 is 1.85 bits per heavy atom. The van der Waals surface area contributed by atoms with Crippen molar-refractivity contribution in [1.82, 2.24) is 9.80 Å². The van der Waals surface area contributed by atoms with E-state index >= 15 is 0 Å². The molecule has 1 saturated heterocycles. The molecule has 1 heterocycles. The molecule has 3 heteroatoms. The number of carbonyl (C=O) groups excluding carboxylic acids is 1. The zero-order chi connectivity index (χ0) is 14.8. The Morgan fingerprint density at radius 3 is 2.40 bits per heavy atom. The van der Waals surface area contributed by atoms with Gasteiger partial charge in [0.15, 0.2) is 0 Å². The van der Waals surface area contributed by atoms with Crippen molar-refractivity contribution in [1.29, 1.82) is 0 Å². The first-order chi connectivity index (χ1) is 9.38. The summed E-state index contributed by atoms with van der Waals surface area (Å²) in [6.07, 6.45) is 0. The molecule has 1 amide bonds. The molecule has 3 nitrogen and oxygen atoms in total. The third-order valence-corrected chi connectivity index (χ3v) is 3.92. The second-order valence-electron chi connectivity index (χ2n) is 6.81. The Hall–Kier alpha value is -1.35. The molecule has 0 bridgehead atoms. The second-order valence-corrected chi connectivity index (χ2v) is 6.81. The summed E-state index contributed by atoms with van der Waals surface area (Å²) in [5, 5.41) is 0. The predicted molar refractivity (Wildman–Crippen MR) is 82.3 cm³/mol. The third kappa shape index (κ3) is 3.60. The average molecular weight is 274 g/mol. The van der Waals surface area contributed by atoms with Gasteiger partial charge >= 0.3 is 0 Å². The lowest BCUT2D eigenvalue weighted by Crippen LogP contribution is -2.55.